The molecule has 2 aliphatic rings. The summed E-state index contributed by atoms with van der Waals surface area (Å²) in [5.41, 5.74) is 0.691. The molecule has 0 radical (unpaired) electrons. The monoisotopic (exact) mass is 995 g/mol. The Hall–Kier alpha value is -5.55. The van der Waals surface area contributed by atoms with Gasteiger partial charge in [0.2, 0.25) is 41.4 Å². The van der Waals surface area contributed by atoms with Gasteiger partial charge in [0.05, 0.1) is 5.92 Å². The van der Waals surface area contributed by atoms with Crippen LogP contribution in [0.5, 0.6) is 0 Å². The quantitative estimate of drug-likeness (QED) is 0.249. The van der Waals surface area contributed by atoms with Gasteiger partial charge >= 0.3 is 5.97 Å². The van der Waals surface area contributed by atoms with Crippen molar-refractivity contribution < 1.29 is 47.9 Å². The minimum absolute atomic E-state index is 0.00617. The van der Waals surface area contributed by atoms with E-state index in [1.807, 2.05) is 47.6 Å². The molecule has 0 bridgehead atoms. The fraction of sp³-hybridized carbons (Fsp3) is 0.717. The number of carbonyl (C=O) groups excluding carboxylic acids is 9. The summed E-state index contributed by atoms with van der Waals surface area (Å²) in [7, 11) is 4.49. The minimum atomic E-state index is -1.35. The van der Waals surface area contributed by atoms with Crippen LogP contribution in [0.2, 0.25) is 0 Å². The van der Waals surface area contributed by atoms with Crippen LogP contribution in [0.4, 0.5) is 0 Å². The Morgan fingerprint density at radius 1 is 0.620 bits per heavy atom. The second-order valence-corrected chi connectivity index (χ2v) is 21.5. The van der Waals surface area contributed by atoms with Crippen molar-refractivity contribution in [3.8, 4) is 0 Å². The zero-order valence-electron chi connectivity index (χ0n) is 45.4. The first-order chi connectivity index (χ1) is 33.1. The number of amides is 8. The van der Waals surface area contributed by atoms with E-state index >= 15 is 0 Å². The maximum atomic E-state index is 14.7. The molecule has 18 nitrogen and oxygen atoms in total. The van der Waals surface area contributed by atoms with E-state index in [1.165, 1.54) is 40.7 Å². The van der Waals surface area contributed by atoms with Crippen LogP contribution in [0.15, 0.2) is 30.3 Å². The van der Waals surface area contributed by atoms with Crippen molar-refractivity contribution in [3.63, 3.8) is 0 Å². The highest BCUT2D eigenvalue weighted by Crippen LogP contribution is 2.26. The number of nitrogens with zero attached hydrogens (tertiary/aromatic N) is 4. The minimum Gasteiger partial charge on any atom is -0.450 e. The molecule has 2 fully saturated rings. The largest absolute Gasteiger partial charge is 0.450 e. The normalized spacial score (nSPS) is 28.6. The molecule has 8 amide bonds. The smallest absolute Gasteiger partial charge is 0.329 e. The molecule has 71 heavy (non-hydrogen) atoms. The number of esters is 1. The van der Waals surface area contributed by atoms with Crippen molar-refractivity contribution in [2.75, 3.05) is 27.7 Å². The van der Waals surface area contributed by atoms with Gasteiger partial charge in [-0.2, -0.15) is 0 Å². The lowest BCUT2D eigenvalue weighted by Crippen LogP contribution is -2.61. The van der Waals surface area contributed by atoms with Crippen LogP contribution in [0.3, 0.4) is 0 Å². The maximum absolute atomic E-state index is 14.7. The molecule has 2 aliphatic heterocycles. The van der Waals surface area contributed by atoms with Gasteiger partial charge in [-0.05, 0) is 74.7 Å². The topological polar surface area (TPSA) is 224 Å². The average Bonchev–Trinajstić information content (AvgIpc) is 3.81. The lowest BCUT2D eigenvalue weighted by molar-refractivity contribution is -0.167. The van der Waals surface area contributed by atoms with Crippen molar-refractivity contribution >= 4 is 53.2 Å². The molecule has 2 heterocycles. The van der Waals surface area contributed by atoms with Crippen LogP contribution in [0.1, 0.15) is 128 Å². The van der Waals surface area contributed by atoms with Crippen LogP contribution in [-0.2, 0) is 54.3 Å². The number of cyclic esters (lactones) is 1. The summed E-state index contributed by atoms with van der Waals surface area (Å²) in [5.74, 6) is -7.76. The Bertz CT molecular complexity index is 2030. The first-order valence-corrected chi connectivity index (χ1v) is 25.7. The molecule has 0 aromatic heterocycles. The average molecular weight is 995 g/mol. The van der Waals surface area contributed by atoms with Crippen LogP contribution < -0.4 is 21.3 Å². The van der Waals surface area contributed by atoms with E-state index in [0.717, 1.165) is 0 Å². The van der Waals surface area contributed by atoms with Gasteiger partial charge < -0.3 is 45.6 Å². The Balaban J connectivity index is 2.19. The predicted molar refractivity (Wildman–Crippen MR) is 271 cm³/mol. The Labute approximate surface area is 422 Å². The summed E-state index contributed by atoms with van der Waals surface area (Å²) in [6.45, 7) is 23.3. The lowest BCUT2D eigenvalue weighted by atomic mass is 9.93. The molecule has 1 aromatic carbocycles. The number of hydrogen-bond donors (Lipinski definition) is 4. The van der Waals surface area contributed by atoms with Gasteiger partial charge in [0, 0.05) is 40.2 Å². The molecule has 2 saturated heterocycles. The van der Waals surface area contributed by atoms with Gasteiger partial charge in [0.15, 0.2) is 6.10 Å². The fourth-order valence-electron chi connectivity index (χ4n) is 9.21. The van der Waals surface area contributed by atoms with E-state index in [1.54, 1.807) is 72.7 Å². The fourth-order valence-corrected chi connectivity index (χ4v) is 9.21. The van der Waals surface area contributed by atoms with E-state index in [-0.39, 0.29) is 50.0 Å². The highest BCUT2D eigenvalue weighted by atomic mass is 16.6. The Morgan fingerprint density at radius 2 is 1.21 bits per heavy atom. The van der Waals surface area contributed by atoms with E-state index < -0.39 is 125 Å². The zero-order valence-corrected chi connectivity index (χ0v) is 45.4. The van der Waals surface area contributed by atoms with Crippen LogP contribution in [0.25, 0.3) is 0 Å². The number of nitrogens with one attached hydrogen (secondary N) is 4. The standard InChI is InChI=1S/C53H86N8O10/c1-17-33(10)43-48(65)57-42(31(6)7)47(64)54-35(12)34(11)45(62)55-38(26-29(2)3)46(63)56-39(28-37-22-19-18-20-23-37)53(70)71-44(32(8)9)52(69)61-25-21-24-40(61)50(67)58(14)36(13)49(66)59(15)41(27-30(4)5)51(68)60(43)16/h18-20,22-23,29-36,38-44H,17,21,24-28H2,1-16H3,(H,54,64)(H,55,62)(H,56,63)(H,57,65)/t33-,34+,35+,36-,38-,39-,40-,41-,42-,43-,44-/m0/s1. The van der Waals surface area contributed by atoms with Gasteiger partial charge in [0.1, 0.15) is 42.3 Å². The van der Waals surface area contributed by atoms with Crippen LogP contribution in [0, 0.1) is 35.5 Å². The van der Waals surface area contributed by atoms with Crippen molar-refractivity contribution in [2.24, 2.45) is 35.5 Å². The van der Waals surface area contributed by atoms with E-state index in [9.17, 15) is 43.2 Å². The van der Waals surface area contributed by atoms with Crippen LogP contribution in [-0.4, -0.2) is 155 Å². The second-order valence-electron chi connectivity index (χ2n) is 21.5. The first kappa shape index (κ1) is 59.8. The molecule has 18 heteroatoms. The molecule has 0 aliphatic carbocycles. The molecule has 4 N–H and O–H groups in total. The van der Waals surface area contributed by atoms with E-state index in [2.05, 4.69) is 21.3 Å². The third-order valence-corrected chi connectivity index (χ3v) is 14.2. The SMILES string of the molecule is CC[C@H](C)[C@H]1C(=O)N[C@@H](C(C)C)C(=O)N[C@H](C)[C@@H](C)C(=O)N[C@@H](CC(C)C)C(=O)N[C@@H](Cc2ccccc2)C(=O)O[C@@H](C(C)C)C(=O)N2CCC[C@H]2C(=O)N(C)[C@@H](C)C(=O)N(C)[C@@H](CC(C)C)C(=O)N1C. The summed E-state index contributed by atoms with van der Waals surface area (Å²) in [6, 6.07) is 0.524. The highest BCUT2D eigenvalue weighted by Gasteiger charge is 2.45. The maximum Gasteiger partial charge on any atom is 0.329 e. The predicted octanol–water partition coefficient (Wildman–Crippen LogP) is 3.69. The van der Waals surface area contributed by atoms with E-state index in [0.29, 0.717) is 18.4 Å². The van der Waals surface area contributed by atoms with Gasteiger partial charge in [-0.3, -0.25) is 38.4 Å². The number of hydrogen-bond acceptors (Lipinski definition) is 10. The first-order valence-electron chi connectivity index (χ1n) is 25.7. The third-order valence-electron chi connectivity index (χ3n) is 14.2. The number of likely N-dealkylation sites (N-methyl/N-ethyl adjacent to an activating group) is 3. The Morgan fingerprint density at radius 3 is 1.76 bits per heavy atom. The van der Waals surface area contributed by atoms with Crippen molar-refractivity contribution in [2.45, 2.75) is 183 Å². The number of benzene rings is 1. The number of ether oxygens (including phenoxy) is 1. The molecule has 398 valence electrons. The van der Waals surface area contributed by atoms with Crippen molar-refractivity contribution in [1.82, 2.24) is 40.9 Å². The van der Waals surface area contributed by atoms with Crippen molar-refractivity contribution in [1.29, 1.82) is 0 Å². The molecule has 0 unspecified atom stereocenters. The summed E-state index contributed by atoms with van der Waals surface area (Å²) in [5, 5.41) is 11.4. The molecule has 3 rings (SSSR count). The second kappa shape index (κ2) is 26.8. The summed E-state index contributed by atoms with van der Waals surface area (Å²) in [6.07, 6.45) is 0.319. The molecular formula is C53H86N8O10. The van der Waals surface area contributed by atoms with Gasteiger partial charge in [-0.15, -0.1) is 0 Å². The Kier molecular flexibility index (Phi) is 22.5. The lowest BCUT2D eigenvalue weighted by Gasteiger charge is -2.39. The van der Waals surface area contributed by atoms with Gasteiger partial charge in [0.25, 0.3) is 5.91 Å². The molecule has 1 aromatic rings. The third kappa shape index (κ3) is 15.7. The molecule has 0 saturated carbocycles. The molecular weight excluding hydrogens is 909 g/mol. The summed E-state index contributed by atoms with van der Waals surface area (Å²) < 4.78 is 6.04. The highest BCUT2D eigenvalue weighted by molar-refractivity contribution is 5.98. The number of carbonyl (C=O) groups is 9. The van der Waals surface area contributed by atoms with Gasteiger partial charge in [-0.25, -0.2) is 4.79 Å². The summed E-state index contributed by atoms with van der Waals surface area (Å²) in [4.78, 5) is 135. The summed E-state index contributed by atoms with van der Waals surface area (Å²) >= 11 is 0. The van der Waals surface area contributed by atoms with E-state index in [4.69, 9.17) is 4.74 Å². The van der Waals surface area contributed by atoms with Crippen molar-refractivity contribution in [3.05, 3.63) is 35.9 Å². The van der Waals surface area contributed by atoms with Gasteiger partial charge in [-0.1, -0.05) is 113 Å². The van der Waals surface area contributed by atoms with Crippen LogP contribution >= 0.6 is 0 Å². The number of rotatable bonds is 10. The number of fused-ring (bicyclic) bond motifs is 1. The molecule has 11 atom stereocenters. The zero-order chi connectivity index (χ0) is 53.8. The molecule has 0 spiro atoms.